The average Bonchev–Trinajstić information content (AvgIpc) is 2.68. The van der Waals surface area contributed by atoms with E-state index in [-0.39, 0.29) is 5.91 Å². The van der Waals surface area contributed by atoms with Gasteiger partial charge in [-0.2, -0.15) is 5.10 Å². The maximum Gasteiger partial charge on any atom is 0.224 e. The Morgan fingerprint density at radius 1 is 1.53 bits per heavy atom. The number of nitrogens with zero attached hydrogens (tertiary/aromatic N) is 2. The minimum atomic E-state index is -0.00281. The molecule has 2 rings (SSSR count). The monoisotopic (exact) mass is 232 g/mol. The minimum Gasteiger partial charge on any atom is -0.330 e. The smallest absolute Gasteiger partial charge is 0.224 e. The van der Waals surface area contributed by atoms with Gasteiger partial charge in [0, 0.05) is 24.5 Å². The molecule has 0 atom stereocenters. The zero-order valence-electron chi connectivity index (χ0n) is 9.81. The molecule has 0 aliphatic carbocycles. The molecule has 3 N–H and O–H groups in total. The first-order valence-electron chi connectivity index (χ1n) is 5.62. The second-order valence-electron chi connectivity index (χ2n) is 3.98. The molecule has 90 valence electrons. The van der Waals surface area contributed by atoms with Gasteiger partial charge >= 0.3 is 0 Å². The van der Waals surface area contributed by atoms with Crippen molar-refractivity contribution in [2.75, 3.05) is 11.9 Å². The quantitative estimate of drug-likeness (QED) is 0.833. The lowest BCUT2D eigenvalue weighted by molar-refractivity contribution is -0.116. The third-order valence-electron chi connectivity index (χ3n) is 2.64. The molecule has 1 heterocycles. The molecule has 17 heavy (non-hydrogen) atoms. The highest BCUT2D eigenvalue weighted by molar-refractivity contribution is 5.93. The second-order valence-corrected chi connectivity index (χ2v) is 3.98. The Balaban J connectivity index is 2.13. The highest BCUT2D eigenvalue weighted by Gasteiger charge is 2.04. The summed E-state index contributed by atoms with van der Waals surface area (Å²) in [6, 6.07) is 5.74. The van der Waals surface area contributed by atoms with Gasteiger partial charge in [-0.1, -0.05) is 0 Å². The van der Waals surface area contributed by atoms with E-state index in [2.05, 4.69) is 10.4 Å². The average molecular weight is 232 g/mol. The number of hydrogen-bond donors (Lipinski definition) is 2. The predicted molar refractivity (Wildman–Crippen MR) is 67.6 cm³/mol. The maximum absolute atomic E-state index is 11.5. The van der Waals surface area contributed by atoms with Gasteiger partial charge in [-0.25, -0.2) is 0 Å². The molecular weight excluding hydrogens is 216 g/mol. The molecule has 0 radical (unpaired) electrons. The fourth-order valence-corrected chi connectivity index (χ4v) is 1.71. The van der Waals surface area contributed by atoms with Crippen LogP contribution in [0.2, 0.25) is 0 Å². The lowest BCUT2D eigenvalue weighted by Crippen LogP contribution is -2.13. The maximum atomic E-state index is 11.5. The van der Waals surface area contributed by atoms with Crippen molar-refractivity contribution in [3.63, 3.8) is 0 Å². The molecule has 0 bridgehead atoms. The van der Waals surface area contributed by atoms with Crippen LogP contribution >= 0.6 is 0 Å². The summed E-state index contributed by atoms with van der Waals surface area (Å²) in [5.41, 5.74) is 7.16. The van der Waals surface area contributed by atoms with Crippen molar-refractivity contribution >= 4 is 22.5 Å². The highest BCUT2D eigenvalue weighted by Crippen LogP contribution is 2.18. The van der Waals surface area contributed by atoms with Crippen LogP contribution in [0.4, 0.5) is 5.69 Å². The Morgan fingerprint density at radius 3 is 3.12 bits per heavy atom. The lowest BCUT2D eigenvalue weighted by Gasteiger charge is -2.05. The topological polar surface area (TPSA) is 72.9 Å². The number of carbonyl (C=O) groups excluding carboxylic acids is 1. The number of benzene rings is 1. The fourth-order valence-electron chi connectivity index (χ4n) is 1.71. The van der Waals surface area contributed by atoms with Crippen molar-refractivity contribution < 1.29 is 4.79 Å². The van der Waals surface area contributed by atoms with Gasteiger partial charge in [0.2, 0.25) is 5.91 Å². The van der Waals surface area contributed by atoms with Crippen LogP contribution in [0.1, 0.15) is 12.8 Å². The van der Waals surface area contributed by atoms with E-state index in [4.69, 9.17) is 5.73 Å². The molecule has 0 fully saturated rings. The number of hydrogen-bond acceptors (Lipinski definition) is 3. The molecule has 0 aliphatic rings. The molecule has 0 saturated heterocycles. The predicted octanol–water partition coefficient (Wildman–Crippen LogP) is 1.25. The molecular formula is C12H16N4O. The van der Waals surface area contributed by atoms with E-state index in [1.54, 1.807) is 10.9 Å². The molecule has 5 nitrogen and oxygen atoms in total. The summed E-state index contributed by atoms with van der Waals surface area (Å²) < 4.78 is 1.78. The van der Waals surface area contributed by atoms with Crippen LogP contribution < -0.4 is 11.1 Å². The fraction of sp³-hybridized carbons (Fsp3) is 0.333. The van der Waals surface area contributed by atoms with Gasteiger partial charge in [0.1, 0.15) is 0 Å². The Bertz CT molecular complexity index is 532. The summed E-state index contributed by atoms with van der Waals surface area (Å²) >= 11 is 0. The SMILES string of the molecule is Cn1ncc2ccc(NC(=O)CCCN)cc21. The van der Waals surface area contributed by atoms with Crippen molar-refractivity contribution in [1.82, 2.24) is 9.78 Å². The van der Waals surface area contributed by atoms with E-state index in [0.29, 0.717) is 19.4 Å². The van der Waals surface area contributed by atoms with Crippen LogP contribution in [-0.2, 0) is 11.8 Å². The first kappa shape index (κ1) is 11.6. The lowest BCUT2D eigenvalue weighted by atomic mass is 10.2. The molecule has 5 heteroatoms. The van der Waals surface area contributed by atoms with E-state index >= 15 is 0 Å². The largest absolute Gasteiger partial charge is 0.330 e. The zero-order chi connectivity index (χ0) is 12.3. The molecule has 0 unspecified atom stereocenters. The molecule has 2 aromatic rings. The zero-order valence-corrected chi connectivity index (χ0v) is 9.81. The van der Waals surface area contributed by atoms with Gasteiger partial charge < -0.3 is 11.1 Å². The Kier molecular flexibility index (Phi) is 3.39. The van der Waals surface area contributed by atoms with Crippen molar-refractivity contribution in [2.24, 2.45) is 12.8 Å². The van der Waals surface area contributed by atoms with Crippen molar-refractivity contribution in [2.45, 2.75) is 12.8 Å². The minimum absolute atomic E-state index is 0.00281. The van der Waals surface area contributed by atoms with E-state index in [1.807, 2.05) is 25.2 Å². The summed E-state index contributed by atoms with van der Waals surface area (Å²) in [4.78, 5) is 11.5. The number of fused-ring (bicyclic) bond motifs is 1. The number of nitrogens with two attached hydrogens (primary N) is 1. The molecule has 1 aromatic heterocycles. The number of nitrogens with one attached hydrogen (secondary N) is 1. The third kappa shape index (κ3) is 2.62. The van der Waals surface area contributed by atoms with Crippen LogP contribution in [0.25, 0.3) is 10.9 Å². The molecule has 0 aliphatic heterocycles. The van der Waals surface area contributed by atoms with Crippen LogP contribution in [0.15, 0.2) is 24.4 Å². The van der Waals surface area contributed by atoms with E-state index < -0.39 is 0 Å². The molecule has 0 spiro atoms. The summed E-state index contributed by atoms with van der Waals surface area (Å²) in [7, 11) is 1.88. The van der Waals surface area contributed by atoms with Gasteiger partial charge in [-0.05, 0) is 31.2 Å². The van der Waals surface area contributed by atoms with E-state index in [9.17, 15) is 4.79 Å². The van der Waals surface area contributed by atoms with Gasteiger partial charge in [-0.15, -0.1) is 0 Å². The van der Waals surface area contributed by atoms with Crippen LogP contribution in [0.5, 0.6) is 0 Å². The summed E-state index contributed by atoms with van der Waals surface area (Å²) in [5.74, 6) is -0.00281. The summed E-state index contributed by atoms with van der Waals surface area (Å²) in [6.45, 7) is 0.536. The number of anilines is 1. The van der Waals surface area contributed by atoms with Crippen LogP contribution in [0, 0.1) is 0 Å². The number of aryl methyl sites for hydroxylation is 1. The number of amides is 1. The number of aromatic nitrogens is 2. The Hall–Kier alpha value is -1.88. The second kappa shape index (κ2) is 4.97. The molecule has 0 saturated carbocycles. The Labute approximate surface area is 99.6 Å². The van der Waals surface area contributed by atoms with E-state index in [1.165, 1.54) is 0 Å². The van der Waals surface area contributed by atoms with Gasteiger partial charge in [-0.3, -0.25) is 9.48 Å². The third-order valence-corrected chi connectivity index (χ3v) is 2.64. The van der Waals surface area contributed by atoms with Gasteiger partial charge in [0.05, 0.1) is 11.7 Å². The summed E-state index contributed by atoms with van der Waals surface area (Å²) in [6.07, 6.45) is 2.97. The standard InChI is InChI=1S/C12H16N4O/c1-16-11-7-10(5-4-9(11)8-14-16)15-12(17)3-2-6-13/h4-5,7-8H,2-3,6,13H2,1H3,(H,15,17). The Morgan fingerprint density at radius 2 is 2.35 bits per heavy atom. The van der Waals surface area contributed by atoms with Crippen molar-refractivity contribution in [1.29, 1.82) is 0 Å². The van der Waals surface area contributed by atoms with E-state index in [0.717, 1.165) is 16.6 Å². The number of carbonyl (C=O) groups is 1. The highest BCUT2D eigenvalue weighted by atomic mass is 16.1. The van der Waals surface area contributed by atoms with Crippen molar-refractivity contribution in [3.8, 4) is 0 Å². The molecule has 1 aromatic carbocycles. The summed E-state index contributed by atoms with van der Waals surface area (Å²) in [5, 5.41) is 8.07. The first-order chi connectivity index (χ1) is 8.20. The first-order valence-corrected chi connectivity index (χ1v) is 5.62. The number of rotatable bonds is 4. The normalized spacial score (nSPS) is 10.7. The van der Waals surface area contributed by atoms with Gasteiger partial charge in [0.15, 0.2) is 0 Å². The van der Waals surface area contributed by atoms with Crippen molar-refractivity contribution in [3.05, 3.63) is 24.4 Å². The van der Waals surface area contributed by atoms with Gasteiger partial charge in [0.25, 0.3) is 0 Å². The van der Waals surface area contributed by atoms with Crippen LogP contribution in [-0.4, -0.2) is 22.2 Å². The van der Waals surface area contributed by atoms with Crippen LogP contribution in [0.3, 0.4) is 0 Å². The molecule has 1 amide bonds.